The van der Waals surface area contributed by atoms with Gasteiger partial charge in [0.2, 0.25) is 10.0 Å². The summed E-state index contributed by atoms with van der Waals surface area (Å²) in [4.78, 5) is 0.147. The molecule has 0 aliphatic heterocycles. The van der Waals surface area contributed by atoms with E-state index >= 15 is 0 Å². The van der Waals surface area contributed by atoms with E-state index in [1.807, 2.05) is 0 Å². The molecule has 7 heteroatoms. The average Bonchev–Trinajstić information content (AvgIpc) is 2.36. The van der Waals surface area contributed by atoms with Gasteiger partial charge in [-0.15, -0.1) is 0 Å². The lowest BCUT2D eigenvalue weighted by molar-refractivity contribution is 0.574. The Morgan fingerprint density at radius 1 is 1.05 bits per heavy atom. The molecule has 0 saturated carbocycles. The number of hydrogen-bond acceptors (Lipinski definition) is 2. The van der Waals surface area contributed by atoms with Gasteiger partial charge in [-0.25, -0.2) is 13.1 Å². The molecule has 108 valence electrons. The monoisotopic (exact) mass is 435 g/mol. The first-order valence-corrected chi connectivity index (χ1v) is 9.74. The molecule has 0 aliphatic carbocycles. The smallest absolute Gasteiger partial charge is 0.211 e. The zero-order valence-corrected chi connectivity index (χ0v) is 14.8. The Bertz CT molecular complexity index is 508. The minimum absolute atomic E-state index is 0.147. The number of unbranched alkanes of at least 4 members (excludes halogenated alkanes) is 3. The number of nitrogens with one attached hydrogen (secondary N) is 1. The van der Waals surface area contributed by atoms with Crippen molar-refractivity contribution >= 4 is 55.8 Å². The van der Waals surface area contributed by atoms with E-state index in [0.29, 0.717) is 11.6 Å². The normalized spacial score (nSPS) is 11.7. The van der Waals surface area contributed by atoms with E-state index in [-0.39, 0.29) is 9.92 Å². The van der Waals surface area contributed by atoms with Gasteiger partial charge in [-0.05, 0) is 35.5 Å². The molecular weight excluding hydrogens is 420 g/mol. The van der Waals surface area contributed by atoms with Crippen LogP contribution >= 0.6 is 45.8 Å². The molecule has 0 bridgehead atoms. The molecule has 1 aromatic rings. The zero-order chi connectivity index (χ0) is 14.3. The fourth-order valence-electron chi connectivity index (χ4n) is 1.51. The standard InChI is InChI=1S/C12H16Cl2INO2S/c13-11-6-5-10(9-12(11)14)19(17,18)16-8-4-2-1-3-7-15/h5-6,9,16H,1-4,7-8H2. The van der Waals surface area contributed by atoms with E-state index < -0.39 is 10.0 Å². The molecule has 0 radical (unpaired) electrons. The van der Waals surface area contributed by atoms with E-state index in [0.717, 1.165) is 23.7 Å². The number of benzene rings is 1. The minimum Gasteiger partial charge on any atom is -0.211 e. The van der Waals surface area contributed by atoms with E-state index in [2.05, 4.69) is 27.3 Å². The third-order valence-corrected chi connectivity index (χ3v) is 5.51. The second-order valence-corrected chi connectivity index (χ2v) is 7.74. The minimum atomic E-state index is -3.49. The van der Waals surface area contributed by atoms with Gasteiger partial charge < -0.3 is 0 Å². The summed E-state index contributed by atoms with van der Waals surface area (Å²) >= 11 is 13.9. The van der Waals surface area contributed by atoms with Gasteiger partial charge in [-0.3, -0.25) is 0 Å². The fraction of sp³-hybridized carbons (Fsp3) is 0.500. The van der Waals surface area contributed by atoms with E-state index in [1.165, 1.54) is 24.6 Å². The van der Waals surface area contributed by atoms with Gasteiger partial charge in [-0.1, -0.05) is 58.6 Å². The van der Waals surface area contributed by atoms with Crippen LogP contribution in [0.15, 0.2) is 23.1 Å². The first kappa shape index (κ1) is 17.5. The SMILES string of the molecule is O=S(=O)(NCCCCCCI)c1ccc(Cl)c(Cl)c1. The van der Waals surface area contributed by atoms with Crippen molar-refractivity contribution in [1.82, 2.24) is 4.72 Å². The average molecular weight is 436 g/mol. The molecule has 0 unspecified atom stereocenters. The number of hydrogen-bond donors (Lipinski definition) is 1. The maximum absolute atomic E-state index is 12.0. The second-order valence-electron chi connectivity index (χ2n) is 4.08. The van der Waals surface area contributed by atoms with Crippen molar-refractivity contribution in [2.75, 3.05) is 11.0 Å². The van der Waals surface area contributed by atoms with Crippen LogP contribution in [-0.4, -0.2) is 19.4 Å². The van der Waals surface area contributed by atoms with Crippen LogP contribution in [0.5, 0.6) is 0 Å². The third kappa shape index (κ3) is 6.16. The maximum Gasteiger partial charge on any atom is 0.240 e. The second kappa shape index (κ2) is 8.67. The van der Waals surface area contributed by atoms with Gasteiger partial charge >= 0.3 is 0 Å². The van der Waals surface area contributed by atoms with Gasteiger partial charge in [0.25, 0.3) is 0 Å². The summed E-state index contributed by atoms with van der Waals surface area (Å²) in [5, 5.41) is 0.589. The Kier molecular flexibility index (Phi) is 7.98. The first-order valence-electron chi connectivity index (χ1n) is 5.98. The highest BCUT2D eigenvalue weighted by molar-refractivity contribution is 14.1. The molecule has 0 spiro atoms. The molecule has 19 heavy (non-hydrogen) atoms. The lowest BCUT2D eigenvalue weighted by Crippen LogP contribution is -2.24. The zero-order valence-electron chi connectivity index (χ0n) is 10.3. The van der Waals surface area contributed by atoms with Gasteiger partial charge in [0, 0.05) is 6.54 Å². The molecule has 1 N–H and O–H groups in total. The van der Waals surface area contributed by atoms with Crippen LogP contribution < -0.4 is 4.72 Å². The molecule has 0 aliphatic rings. The maximum atomic E-state index is 12.0. The van der Waals surface area contributed by atoms with Crippen LogP contribution in [0.2, 0.25) is 10.0 Å². The first-order chi connectivity index (χ1) is 8.97. The summed E-state index contributed by atoms with van der Waals surface area (Å²) in [6, 6.07) is 4.30. The Labute approximate surface area is 138 Å². The summed E-state index contributed by atoms with van der Waals surface area (Å²) in [5.41, 5.74) is 0. The Morgan fingerprint density at radius 3 is 2.37 bits per heavy atom. The molecule has 3 nitrogen and oxygen atoms in total. The van der Waals surface area contributed by atoms with Crippen LogP contribution in [0, 0.1) is 0 Å². The van der Waals surface area contributed by atoms with Gasteiger partial charge in [0.15, 0.2) is 0 Å². The Balaban J connectivity index is 2.49. The molecule has 0 saturated heterocycles. The van der Waals surface area contributed by atoms with Crippen LogP contribution in [-0.2, 0) is 10.0 Å². The van der Waals surface area contributed by atoms with Crippen molar-refractivity contribution in [3.05, 3.63) is 28.2 Å². The topological polar surface area (TPSA) is 46.2 Å². The van der Waals surface area contributed by atoms with Gasteiger partial charge in [-0.2, -0.15) is 0 Å². The lowest BCUT2D eigenvalue weighted by atomic mass is 10.2. The van der Waals surface area contributed by atoms with Crippen LogP contribution in [0.25, 0.3) is 0 Å². The highest BCUT2D eigenvalue weighted by Crippen LogP contribution is 2.24. The highest BCUT2D eigenvalue weighted by atomic mass is 127. The van der Waals surface area contributed by atoms with Crippen LogP contribution in [0.3, 0.4) is 0 Å². The quantitative estimate of drug-likeness (QED) is 0.376. The van der Waals surface area contributed by atoms with Crippen molar-refractivity contribution in [3.8, 4) is 0 Å². The van der Waals surface area contributed by atoms with Crippen LogP contribution in [0.4, 0.5) is 0 Å². The van der Waals surface area contributed by atoms with E-state index in [4.69, 9.17) is 23.2 Å². The summed E-state index contributed by atoms with van der Waals surface area (Å²) in [6.45, 7) is 0.448. The molecule has 1 rings (SSSR count). The number of sulfonamides is 1. The molecule has 0 aromatic heterocycles. The number of alkyl halides is 1. The predicted molar refractivity (Wildman–Crippen MR) is 89.0 cm³/mol. The Morgan fingerprint density at radius 2 is 1.74 bits per heavy atom. The molecule has 0 amide bonds. The third-order valence-electron chi connectivity index (χ3n) is 2.55. The van der Waals surface area contributed by atoms with Crippen LogP contribution in [0.1, 0.15) is 25.7 Å². The molecule has 0 atom stereocenters. The Hall–Kier alpha value is 0.440. The number of rotatable bonds is 8. The van der Waals surface area contributed by atoms with Crippen molar-refractivity contribution in [2.24, 2.45) is 0 Å². The predicted octanol–water partition coefficient (Wildman–Crippen LogP) is 4.27. The van der Waals surface area contributed by atoms with E-state index in [1.54, 1.807) is 0 Å². The molecular formula is C12H16Cl2INO2S. The van der Waals surface area contributed by atoms with Gasteiger partial charge in [0.05, 0.1) is 14.9 Å². The molecule has 0 fully saturated rings. The summed E-state index contributed by atoms with van der Waals surface area (Å²) < 4.78 is 27.7. The molecule has 0 heterocycles. The lowest BCUT2D eigenvalue weighted by Gasteiger charge is -2.07. The fourth-order valence-corrected chi connectivity index (χ4v) is 3.51. The summed E-state index contributed by atoms with van der Waals surface area (Å²) in [5.74, 6) is 0. The molecule has 1 aromatic carbocycles. The van der Waals surface area contributed by atoms with Crippen molar-refractivity contribution in [3.63, 3.8) is 0 Å². The highest BCUT2D eigenvalue weighted by Gasteiger charge is 2.14. The van der Waals surface area contributed by atoms with E-state index in [9.17, 15) is 8.42 Å². The van der Waals surface area contributed by atoms with Crippen molar-refractivity contribution < 1.29 is 8.42 Å². The number of halogens is 3. The van der Waals surface area contributed by atoms with Crippen molar-refractivity contribution in [1.29, 1.82) is 0 Å². The summed E-state index contributed by atoms with van der Waals surface area (Å²) in [6.07, 6.45) is 4.20. The van der Waals surface area contributed by atoms with Crippen molar-refractivity contribution in [2.45, 2.75) is 30.6 Å². The summed E-state index contributed by atoms with van der Waals surface area (Å²) in [7, 11) is -3.49. The van der Waals surface area contributed by atoms with Gasteiger partial charge in [0.1, 0.15) is 0 Å². The largest absolute Gasteiger partial charge is 0.240 e.